The Bertz CT molecular complexity index is 662. The quantitative estimate of drug-likeness (QED) is 0.516. The first-order valence-corrected chi connectivity index (χ1v) is 7.00. The van der Waals surface area contributed by atoms with Gasteiger partial charge in [-0.1, -0.05) is 0 Å². The van der Waals surface area contributed by atoms with E-state index in [1.165, 1.54) is 24.5 Å². The van der Waals surface area contributed by atoms with Crippen LogP contribution in [0.25, 0.3) is 0 Å². The van der Waals surface area contributed by atoms with Crippen molar-refractivity contribution in [2.75, 3.05) is 0 Å². The first-order chi connectivity index (χ1) is 10.6. The van der Waals surface area contributed by atoms with Gasteiger partial charge in [-0.15, -0.1) is 0 Å². The number of nitrogens with one attached hydrogen (secondary N) is 2. The third kappa shape index (κ3) is 12.6. The molecule has 0 amide bonds. The zero-order chi connectivity index (χ0) is 17.9. The summed E-state index contributed by atoms with van der Waals surface area (Å²) in [4.78, 5) is 25.7. The van der Waals surface area contributed by atoms with Gasteiger partial charge in [-0.3, -0.25) is 8.42 Å². The van der Waals surface area contributed by atoms with Gasteiger partial charge in [0.05, 0.1) is 0 Å². The molecule has 10 nitrogen and oxygen atoms in total. The molecule has 124 valence electrons. The van der Waals surface area contributed by atoms with E-state index in [1.54, 1.807) is 24.5 Å². The van der Waals surface area contributed by atoms with Crippen molar-refractivity contribution in [2.45, 2.75) is 0 Å². The van der Waals surface area contributed by atoms with Gasteiger partial charge in [0.1, 0.15) is 11.1 Å². The molecule has 0 fully saturated rings. The highest BCUT2D eigenvalue weighted by atomic mass is 32.3. The molecule has 4 N–H and O–H groups in total. The summed E-state index contributed by atoms with van der Waals surface area (Å²) >= 11 is 0. The molecule has 2 heterocycles. The number of aromatic nitrogens is 2. The first kappa shape index (κ1) is 20.1. The average Bonchev–Trinajstić information content (AvgIpc) is 2.48. The fourth-order valence-corrected chi connectivity index (χ4v) is 1.05. The number of hydrogen-bond acceptors (Lipinski definition) is 6. The summed E-state index contributed by atoms with van der Waals surface area (Å²) in [6, 6.07) is 6.34. The minimum atomic E-state index is -5.17. The Kier molecular flexibility index (Phi) is 8.69. The summed E-state index contributed by atoms with van der Waals surface area (Å²) in [5, 5.41) is 16.7. The molecule has 0 aliphatic rings. The van der Waals surface area contributed by atoms with Crippen LogP contribution in [-0.4, -0.2) is 39.7 Å². The van der Waals surface area contributed by atoms with Gasteiger partial charge in [0.25, 0.3) is 0 Å². The maximum absolute atomic E-state index is 10.2. The van der Waals surface area contributed by atoms with Crippen LogP contribution in [0.15, 0.2) is 49.1 Å². The summed E-state index contributed by atoms with van der Waals surface area (Å²) < 4.78 is 34.1. The third-order valence-corrected chi connectivity index (χ3v) is 1.91. The molecule has 2 aromatic rings. The predicted octanol–water partition coefficient (Wildman–Crippen LogP) is -0.940. The normalized spacial score (nSPS) is 9.48. The molecule has 0 unspecified atom stereocenters. The second kappa shape index (κ2) is 9.94. The summed E-state index contributed by atoms with van der Waals surface area (Å²) in [5.41, 5.74) is 0.551. The van der Waals surface area contributed by atoms with Crippen molar-refractivity contribution in [3.63, 3.8) is 0 Å². The van der Waals surface area contributed by atoms with Crippen LogP contribution < -0.4 is 9.97 Å². The van der Waals surface area contributed by atoms with E-state index in [-0.39, 0.29) is 11.1 Å². The number of H-pyrrole nitrogens is 2. The number of aromatic amines is 2. The Labute approximate surface area is 130 Å². The third-order valence-electron chi connectivity index (χ3n) is 1.91. The highest BCUT2D eigenvalue weighted by Gasteiger charge is 2.02. The van der Waals surface area contributed by atoms with E-state index in [4.69, 9.17) is 27.7 Å². The fraction of sp³-hybridized carbons (Fsp3) is 0. The number of aromatic carboxylic acids is 2. The summed E-state index contributed by atoms with van der Waals surface area (Å²) in [7, 11) is -5.17. The Morgan fingerprint density at radius 3 is 1.30 bits per heavy atom. The molecule has 0 aliphatic heterocycles. The van der Waals surface area contributed by atoms with Gasteiger partial charge in [0.2, 0.25) is 0 Å². The van der Waals surface area contributed by atoms with Gasteiger partial charge in [0, 0.05) is 22.5 Å². The number of carboxylic acid groups (broad SMARTS) is 2. The van der Waals surface area contributed by atoms with Gasteiger partial charge >= 0.3 is 11.9 Å². The van der Waals surface area contributed by atoms with Crippen LogP contribution in [0.2, 0.25) is 0 Å². The van der Waals surface area contributed by atoms with Crippen molar-refractivity contribution < 1.29 is 47.3 Å². The molecule has 23 heavy (non-hydrogen) atoms. The van der Waals surface area contributed by atoms with Crippen molar-refractivity contribution in [3.8, 4) is 0 Å². The number of rotatable bonds is 2. The van der Waals surface area contributed by atoms with E-state index < -0.39 is 22.3 Å². The van der Waals surface area contributed by atoms with Crippen molar-refractivity contribution >= 4 is 22.3 Å². The van der Waals surface area contributed by atoms with E-state index >= 15 is 0 Å². The molecule has 0 aliphatic carbocycles. The van der Waals surface area contributed by atoms with E-state index in [9.17, 15) is 9.59 Å². The lowest BCUT2D eigenvalue weighted by atomic mass is 10.3. The molecule has 2 aromatic heterocycles. The minimum Gasteiger partial charge on any atom is -0.759 e. The first-order valence-electron chi connectivity index (χ1n) is 5.66. The topological polar surface area (TPSA) is 183 Å². The van der Waals surface area contributed by atoms with Crippen LogP contribution in [0, 0.1) is 0 Å². The van der Waals surface area contributed by atoms with Crippen LogP contribution >= 0.6 is 0 Å². The van der Waals surface area contributed by atoms with Crippen molar-refractivity contribution in [2.24, 2.45) is 0 Å². The second-order valence-corrected chi connectivity index (χ2v) is 4.42. The van der Waals surface area contributed by atoms with Crippen LogP contribution in [0.4, 0.5) is 0 Å². The van der Waals surface area contributed by atoms with Crippen molar-refractivity contribution in [1.29, 1.82) is 0 Å². The number of carbonyl (C=O) groups is 2. The van der Waals surface area contributed by atoms with Gasteiger partial charge < -0.3 is 19.3 Å². The van der Waals surface area contributed by atoms with Crippen LogP contribution in [0.3, 0.4) is 0 Å². The lowest BCUT2D eigenvalue weighted by Gasteiger charge is -2.06. The monoisotopic (exact) mass is 344 g/mol. The summed E-state index contributed by atoms with van der Waals surface area (Å²) in [6.45, 7) is 0. The number of pyridine rings is 2. The molecule has 0 bridgehead atoms. The average molecular weight is 344 g/mol. The maximum atomic E-state index is 10.2. The zero-order valence-corrected chi connectivity index (χ0v) is 12.2. The highest BCUT2D eigenvalue weighted by molar-refractivity contribution is 7.79. The molecular weight excluding hydrogens is 332 g/mol. The number of hydrogen-bond donors (Lipinski definition) is 2. The predicted molar refractivity (Wildman–Crippen MR) is 70.4 cm³/mol. The minimum absolute atomic E-state index is 0.275. The molecule has 11 heteroatoms. The Morgan fingerprint density at radius 1 is 0.870 bits per heavy atom. The van der Waals surface area contributed by atoms with Gasteiger partial charge in [-0.05, 0) is 12.1 Å². The molecule has 0 saturated carbocycles. The lowest BCUT2D eigenvalue weighted by molar-refractivity contribution is -0.378. The number of carboxylic acids is 2. The summed E-state index contributed by atoms with van der Waals surface area (Å²) in [6.07, 6.45) is 6.18. The molecule has 0 spiro atoms. The summed E-state index contributed by atoms with van der Waals surface area (Å²) in [5.74, 6) is -1.82. The molecular formula is C12H12N2O8S. The molecule has 0 saturated heterocycles. The lowest BCUT2D eigenvalue weighted by Crippen LogP contribution is -2.05. The Hall–Kier alpha value is -2.89. The Balaban J connectivity index is 0.000000332. The van der Waals surface area contributed by atoms with Crippen LogP contribution in [0.5, 0.6) is 0 Å². The van der Waals surface area contributed by atoms with E-state index in [1.807, 2.05) is 0 Å². The maximum Gasteiger partial charge on any atom is 0.341 e. The van der Waals surface area contributed by atoms with Gasteiger partial charge in [0.15, 0.2) is 24.8 Å². The molecule has 0 radical (unpaired) electrons. The van der Waals surface area contributed by atoms with E-state index in [2.05, 4.69) is 9.97 Å². The van der Waals surface area contributed by atoms with Gasteiger partial charge in [-0.2, -0.15) is 0 Å². The van der Waals surface area contributed by atoms with Crippen LogP contribution in [0.1, 0.15) is 20.7 Å². The largest absolute Gasteiger partial charge is 0.759 e. The second-order valence-electron chi connectivity index (χ2n) is 3.60. The highest BCUT2D eigenvalue weighted by Crippen LogP contribution is 1.91. The van der Waals surface area contributed by atoms with Crippen LogP contribution in [-0.2, 0) is 10.4 Å². The van der Waals surface area contributed by atoms with E-state index in [0.29, 0.717) is 0 Å². The zero-order valence-electron chi connectivity index (χ0n) is 11.4. The molecule has 2 rings (SSSR count). The van der Waals surface area contributed by atoms with E-state index in [0.717, 1.165) is 0 Å². The smallest absolute Gasteiger partial charge is 0.341 e. The van der Waals surface area contributed by atoms with Crippen molar-refractivity contribution in [3.05, 3.63) is 60.2 Å². The molecule has 0 atom stereocenters. The fourth-order valence-electron chi connectivity index (χ4n) is 1.05. The molecule has 0 aromatic carbocycles. The van der Waals surface area contributed by atoms with Gasteiger partial charge in [-0.25, -0.2) is 19.6 Å². The standard InChI is InChI=1S/2C6H5NO2.H2O4S/c2*8-6(9)5-2-1-3-7-4-5;1-5(2,3)4/h2*1-4H,(H,8,9);(H2,1,2,3,4). The SMILES string of the molecule is O=C(O)c1ccc[nH+]c1.O=C(O)c1ccc[nH+]c1.O=S(=O)([O-])[O-]. The Morgan fingerprint density at radius 2 is 1.17 bits per heavy atom. The van der Waals surface area contributed by atoms with Crippen molar-refractivity contribution in [1.82, 2.24) is 0 Å².